The smallest absolute Gasteiger partial charge is 0.130 e. The normalized spacial score (nSPS) is 23.4. The number of nitrogens with zero attached hydrogens (tertiary/aromatic N) is 1. The van der Waals surface area contributed by atoms with Crippen molar-refractivity contribution >= 4 is 7.92 Å². The molecule has 0 bridgehead atoms. The van der Waals surface area contributed by atoms with Crippen molar-refractivity contribution in [3.63, 3.8) is 0 Å². The van der Waals surface area contributed by atoms with Gasteiger partial charge >= 0.3 is 0 Å². The van der Waals surface area contributed by atoms with Gasteiger partial charge in [-0.2, -0.15) is 0 Å². The van der Waals surface area contributed by atoms with Crippen molar-refractivity contribution in [2.75, 3.05) is 47.9 Å². The Hall–Kier alpha value is -0.990. The molecule has 0 aliphatic carbocycles. The first-order chi connectivity index (χ1) is 9.60. The number of benzene rings is 1. The molecule has 4 nitrogen and oxygen atoms in total. The Bertz CT molecular complexity index is 441. The van der Waals surface area contributed by atoms with E-state index >= 15 is 0 Å². The van der Waals surface area contributed by atoms with E-state index in [9.17, 15) is 0 Å². The summed E-state index contributed by atoms with van der Waals surface area (Å²) in [5.74, 6) is 2.53. The monoisotopic (exact) mass is 297 g/mol. The molecule has 0 saturated carbocycles. The van der Waals surface area contributed by atoms with Crippen molar-refractivity contribution in [3.8, 4) is 17.2 Å². The molecular weight excluding hydrogens is 273 g/mol. The molecule has 2 unspecified atom stereocenters. The van der Waals surface area contributed by atoms with Gasteiger partial charge in [0, 0.05) is 29.6 Å². The maximum atomic E-state index is 5.60. The Morgan fingerprint density at radius 2 is 1.70 bits per heavy atom. The Morgan fingerprint density at radius 1 is 1.10 bits per heavy atom. The van der Waals surface area contributed by atoms with Gasteiger partial charge in [0.1, 0.15) is 17.2 Å². The van der Waals surface area contributed by atoms with Gasteiger partial charge in [-0.05, 0) is 26.7 Å². The molecule has 1 aliphatic rings. The minimum Gasteiger partial charge on any atom is -0.496 e. The van der Waals surface area contributed by atoms with E-state index in [0.29, 0.717) is 5.66 Å². The number of rotatable bonds is 4. The second-order valence-corrected chi connectivity index (χ2v) is 7.65. The minimum atomic E-state index is -0.103. The third-order valence-electron chi connectivity index (χ3n) is 3.87. The summed E-state index contributed by atoms with van der Waals surface area (Å²) in [6, 6.07) is 3.92. The summed E-state index contributed by atoms with van der Waals surface area (Å²) in [6.45, 7) is 3.48. The van der Waals surface area contributed by atoms with Gasteiger partial charge in [-0.1, -0.05) is 7.92 Å². The number of hydrogen-bond acceptors (Lipinski definition) is 4. The van der Waals surface area contributed by atoms with Crippen molar-refractivity contribution in [1.29, 1.82) is 0 Å². The van der Waals surface area contributed by atoms with E-state index in [2.05, 4.69) is 18.6 Å². The second kappa shape index (κ2) is 6.64. The number of ether oxygens (including phenoxy) is 3. The first-order valence-electron chi connectivity index (χ1n) is 6.79. The fourth-order valence-corrected chi connectivity index (χ4v) is 5.19. The maximum absolute atomic E-state index is 5.60. The first-order valence-corrected chi connectivity index (χ1v) is 8.83. The SMILES string of the molecule is COc1cc(OC)c(C2CCN(C)CP2C)c(OC)c1. The first kappa shape index (κ1) is 15.4. The van der Waals surface area contributed by atoms with E-state index in [1.807, 2.05) is 12.1 Å². The van der Waals surface area contributed by atoms with Crippen LogP contribution in [-0.4, -0.2) is 52.8 Å². The lowest BCUT2D eigenvalue weighted by atomic mass is 10.1. The summed E-state index contributed by atoms with van der Waals surface area (Å²) < 4.78 is 16.5. The van der Waals surface area contributed by atoms with Gasteiger partial charge in [-0.15, -0.1) is 0 Å². The van der Waals surface area contributed by atoms with E-state index in [-0.39, 0.29) is 7.92 Å². The largest absolute Gasteiger partial charge is 0.496 e. The van der Waals surface area contributed by atoms with Gasteiger partial charge in [0.2, 0.25) is 0 Å². The van der Waals surface area contributed by atoms with Gasteiger partial charge in [0.25, 0.3) is 0 Å². The zero-order valence-electron chi connectivity index (χ0n) is 13.0. The van der Waals surface area contributed by atoms with Gasteiger partial charge in [-0.3, -0.25) is 0 Å². The van der Waals surface area contributed by atoms with Crippen molar-refractivity contribution < 1.29 is 14.2 Å². The van der Waals surface area contributed by atoms with E-state index < -0.39 is 0 Å². The number of methoxy groups -OCH3 is 3. The molecule has 1 aromatic rings. The predicted octanol–water partition coefficient (Wildman–Crippen LogP) is 3.16. The molecule has 1 fully saturated rings. The van der Waals surface area contributed by atoms with E-state index in [1.54, 1.807) is 21.3 Å². The summed E-state index contributed by atoms with van der Waals surface area (Å²) in [5, 5.41) is 0. The Morgan fingerprint density at radius 3 is 2.15 bits per heavy atom. The lowest BCUT2D eigenvalue weighted by Crippen LogP contribution is -2.27. The lowest BCUT2D eigenvalue weighted by Gasteiger charge is -2.36. The molecule has 0 N–H and O–H groups in total. The molecule has 2 rings (SSSR count). The zero-order valence-corrected chi connectivity index (χ0v) is 13.9. The second-order valence-electron chi connectivity index (χ2n) is 5.23. The highest BCUT2D eigenvalue weighted by molar-refractivity contribution is 7.57. The van der Waals surface area contributed by atoms with Crippen LogP contribution in [0.15, 0.2) is 12.1 Å². The minimum absolute atomic E-state index is 0.103. The van der Waals surface area contributed by atoms with Crippen LogP contribution in [0.25, 0.3) is 0 Å². The lowest BCUT2D eigenvalue weighted by molar-refractivity contribution is 0.345. The predicted molar refractivity (Wildman–Crippen MR) is 83.8 cm³/mol. The van der Waals surface area contributed by atoms with Crippen molar-refractivity contribution in [1.82, 2.24) is 4.90 Å². The van der Waals surface area contributed by atoms with E-state index in [0.717, 1.165) is 30.2 Å². The molecule has 1 heterocycles. The molecular formula is C15H24NO3P. The summed E-state index contributed by atoms with van der Waals surface area (Å²) >= 11 is 0. The molecule has 2 atom stereocenters. The highest BCUT2D eigenvalue weighted by atomic mass is 31.1. The maximum Gasteiger partial charge on any atom is 0.130 e. The fourth-order valence-electron chi connectivity index (χ4n) is 2.84. The van der Waals surface area contributed by atoms with Crippen LogP contribution in [0.4, 0.5) is 0 Å². The van der Waals surface area contributed by atoms with Crippen LogP contribution in [-0.2, 0) is 0 Å². The van der Waals surface area contributed by atoms with Crippen LogP contribution in [0.5, 0.6) is 17.2 Å². The summed E-state index contributed by atoms with van der Waals surface area (Å²) in [4.78, 5) is 2.41. The van der Waals surface area contributed by atoms with E-state index in [1.165, 1.54) is 11.8 Å². The average molecular weight is 297 g/mol. The molecule has 1 aromatic carbocycles. The van der Waals surface area contributed by atoms with Gasteiger partial charge in [-0.25, -0.2) is 0 Å². The molecule has 5 heteroatoms. The summed E-state index contributed by atoms with van der Waals surface area (Å²) in [7, 11) is 7.18. The van der Waals surface area contributed by atoms with Crippen molar-refractivity contribution in [2.45, 2.75) is 12.1 Å². The van der Waals surface area contributed by atoms with Crippen LogP contribution in [0.2, 0.25) is 0 Å². The van der Waals surface area contributed by atoms with Crippen LogP contribution >= 0.6 is 7.92 Å². The van der Waals surface area contributed by atoms with Gasteiger partial charge < -0.3 is 19.1 Å². The zero-order chi connectivity index (χ0) is 14.7. The molecule has 1 aliphatic heterocycles. The van der Waals surface area contributed by atoms with Crippen LogP contribution < -0.4 is 14.2 Å². The van der Waals surface area contributed by atoms with Crippen molar-refractivity contribution in [3.05, 3.63) is 17.7 Å². The molecule has 0 spiro atoms. The van der Waals surface area contributed by atoms with Gasteiger partial charge in [0.05, 0.1) is 21.3 Å². The standard InChI is InChI=1S/C15H24NO3P/c1-16-7-6-14(20(5)10-16)15-12(18-3)8-11(17-2)9-13(15)19-4/h8-9,14H,6-7,10H2,1-5H3. The molecule has 112 valence electrons. The Kier molecular flexibility index (Phi) is 5.11. The molecule has 0 aromatic heterocycles. The quantitative estimate of drug-likeness (QED) is 0.799. The Balaban J connectivity index is 2.43. The Labute approximate surface area is 122 Å². The van der Waals surface area contributed by atoms with E-state index in [4.69, 9.17) is 14.2 Å². The van der Waals surface area contributed by atoms with Crippen LogP contribution in [0.3, 0.4) is 0 Å². The highest BCUT2D eigenvalue weighted by Crippen LogP contribution is 2.57. The summed E-state index contributed by atoms with van der Waals surface area (Å²) in [5.41, 5.74) is 1.73. The van der Waals surface area contributed by atoms with Gasteiger partial charge in [0.15, 0.2) is 0 Å². The number of hydrogen-bond donors (Lipinski definition) is 0. The highest BCUT2D eigenvalue weighted by Gasteiger charge is 2.30. The molecule has 1 saturated heterocycles. The van der Waals surface area contributed by atoms with Crippen molar-refractivity contribution in [2.24, 2.45) is 0 Å². The average Bonchev–Trinajstić information content (AvgIpc) is 2.46. The molecule has 20 heavy (non-hydrogen) atoms. The molecule has 0 radical (unpaired) electrons. The third kappa shape index (κ3) is 3.02. The fraction of sp³-hybridized carbons (Fsp3) is 0.600. The third-order valence-corrected chi connectivity index (χ3v) is 6.38. The topological polar surface area (TPSA) is 30.9 Å². The molecule has 0 amide bonds. The van der Waals surface area contributed by atoms with Crippen LogP contribution in [0, 0.1) is 0 Å². The summed E-state index contributed by atoms with van der Waals surface area (Å²) in [6.07, 6.45) is 2.32. The van der Waals surface area contributed by atoms with Crippen LogP contribution in [0.1, 0.15) is 17.6 Å².